The van der Waals surface area contributed by atoms with E-state index in [1.165, 1.54) is 6.20 Å². The Bertz CT molecular complexity index is 426. The molecule has 0 fully saturated rings. The Morgan fingerprint density at radius 1 is 1.56 bits per heavy atom. The highest BCUT2D eigenvalue weighted by molar-refractivity contribution is 7.89. The highest BCUT2D eigenvalue weighted by atomic mass is 32.2. The van der Waals surface area contributed by atoms with Crippen molar-refractivity contribution in [3.8, 4) is 0 Å². The molecule has 3 N–H and O–H groups in total. The van der Waals surface area contributed by atoms with Crippen molar-refractivity contribution in [2.45, 2.75) is 37.9 Å². The molecule has 0 bridgehead atoms. The van der Waals surface area contributed by atoms with Gasteiger partial charge in [0.2, 0.25) is 0 Å². The molecule has 0 spiro atoms. The van der Waals surface area contributed by atoms with Gasteiger partial charge < -0.3 is 5.32 Å². The molecule has 0 aliphatic heterocycles. The molecule has 1 aromatic rings. The van der Waals surface area contributed by atoms with Crippen LogP contribution in [0.25, 0.3) is 0 Å². The van der Waals surface area contributed by atoms with Gasteiger partial charge in [-0.05, 0) is 20.4 Å². The summed E-state index contributed by atoms with van der Waals surface area (Å²) in [5, 5.41) is 9.31. The number of aromatic nitrogens is 2. The Labute approximate surface area is 95.9 Å². The van der Waals surface area contributed by atoms with Gasteiger partial charge in [-0.3, -0.25) is 5.10 Å². The van der Waals surface area contributed by atoms with Crippen LogP contribution in [0, 0.1) is 0 Å². The first-order valence-electron chi connectivity index (χ1n) is 5.20. The van der Waals surface area contributed by atoms with Crippen molar-refractivity contribution < 1.29 is 8.42 Å². The smallest absolute Gasteiger partial charge is 0.258 e. The summed E-state index contributed by atoms with van der Waals surface area (Å²) < 4.78 is 26.5. The SMILES string of the molecule is CCC(C)NS(=O)(=O)c1[nH]ncc1CNC. The Kier molecular flexibility index (Phi) is 4.45. The molecule has 1 heterocycles. The van der Waals surface area contributed by atoms with E-state index in [1.54, 1.807) is 7.05 Å². The molecule has 1 rings (SSSR count). The van der Waals surface area contributed by atoms with Gasteiger partial charge in [0.25, 0.3) is 10.0 Å². The van der Waals surface area contributed by atoms with Crippen molar-refractivity contribution in [2.75, 3.05) is 7.05 Å². The fraction of sp³-hybridized carbons (Fsp3) is 0.667. The van der Waals surface area contributed by atoms with Crippen LogP contribution in [-0.2, 0) is 16.6 Å². The van der Waals surface area contributed by atoms with Gasteiger partial charge in [-0.15, -0.1) is 0 Å². The van der Waals surface area contributed by atoms with Crippen LogP contribution in [0.3, 0.4) is 0 Å². The average molecular weight is 246 g/mol. The third kappa shape index (κ3) is 3.03. The Morgan fingerprint density at radius 2 is 2.25 bits per heavy atom. The van der Waals surface area contributed by atoms with Crippen LogP contribution >= 0.6 is 0 Å². The molecule has 1 aromatic heterocycles. The molecule has 0 saturated heterocycles. The van der Waals surface area contributed by atoms with E-state index in [2.05, 4.69) is 20.2 Å². The first kappa shape index (κ1) is 13.1. The van der Waals surface area contributed by atoms with Crippen molar-refractivity contribution in [3.05, 3.63) is 11.8 Å². The highest BCUT2D eigenvalue weighted by Gasteiger charge is 2.21. The van der Waals surface area contributed by atoms with Crippen LogP contribution in [0.4, 0.5) is 0 Å². The molecule has 0 amide bonds. The average Bonchev–Trinajstić information content (AvgIpc) is 2.66. The van der Waals surface area contributed by atoms with Gasteiger partial charge in [-0.2, -0.15) is 5.10 Å². The van der Waals surface area contributed by atoms with Crippen molar-refractivity contribution in [2.24, 2.45) is 0 Å². The van der Waals surface area contributed by atoms with E-state index >= 15 is 0 Å². The van der Waals surface area contributed by atoms with E-state index in [-0.39, 0.29) is 11.1 Å². The van der Waals surface area contributed by atoms with Crippen LogP contribution in [0.1, 0.15) is 25.8 Å². The van der Waals surface area contributed by atoms with Gasteiger partial charge in [-0.25, -0.2) is 13.1 Å². The van der Waals surface area contributed by atoms with E-state index in [9.17, 15) is 8.42 Å². The molecule has 0 saturated carbocycles. The summed E-state index contributed by atoms with van der Waals surface area (Å²) in [5.41, 5.74) is 0.637. The number of H-pyrrole nitrogens is 1. The summed E-state index contributed by atoms with van der Waals surface area (Å²) in [6.07, 6.45) is 2.26. The van der Waals surface area contributed by atoms with Gasteiger partial charge in [0.15, 0.2) is 5.03 Å². The Hall–Kier alpha value is -0.920. The van der Waals surface area contributed by atoms with Crippen molar-refractivity contribution in [1.82, 2.24) is 20.2 Å². The molecule has 0 aliphatic rings. The van der Waals surface area contributed by atoms with E-state index in [0.29, 0.717) is 12.1 Å². The number of rotatable bonds is 6. The van der Waals surface area contributed by atoms with Gasteiger partial charge >= 0.3 is 0 Å². The molecule has 1 atom stereocenters. The minimum Gasteiger partial charge on any atom is -0.316 e. The van der Waals surface area contributed by atoms with Crippen LogP contribution in [0.5, 0.6) is 0 Å². The van der Waals surface area contributed by atoms with E-state index < -0.39 is 10.0 Å². The topological polar surface area (TPSA) is 86.9 Å². The third-order valence-corrected chi connectivity index (χ3v) is 3.89. The Balaban J connectivity index is 2.93. The lowest BCUT2D eigenvalue weighted by Crippen LogP contribution is -2.33. The molecular weight excluding hydrogens is 228 g/mol. The van der Waals surface area contributed by atoms with Gasteiger partial charge in [0, 0.05) is 18.2 Å². The standard InChI is InChI=1S/C9H18N4O2S/c1-4-7(2)13-16(14,15)9-8(5-10-3)6-11-12-9/h6-7,10,13H,4-5H2,1-3H3,(H,11,12). The quantitative estimate of drug-likeness (QED) is 0.669. The summed E-state index contributed by atoms with van der Waals surface area (Å²) in [6.45, 7) is 4.22. The second-order valence-electron chi connectivity index (χ2n) is 3.69. The summed E-state index contributed by atoms with van der Waals surface area (Å²) in [5.74, 6) is 0. The van der Waals surface area contributed by atoms with E-state index in [1.807, 2.05) is 13.8 Å². The Morgan fingerprint density at radius 3 is 2.81 bits per heavy atom. The normalized spacial score (nSPS) is 13.9. The van der Waals surface area contributed by atoms with Gasteiger partial charge in [-0.1, -0.05) is 6.92 Å². The molecule has 0 radical (unpaired) electrons. The molecule has 92 valence electrons. The first-order chi connectivity index (χ1) is 7.51. The number of aromatic amines is 1. The number of sulfonamides is 1. The molecular formula is C9H18N4O2S. The molecule has 0 aliphatic carbocycles. The third-order valence-electron chi connectivity index (χ3n) is 2.28. The second-order valence-corrected chi connectivity index (χ2v) is 5.34. The zero-order valence-corrected chi connectivity index (χ0v) is 10.6. The first-order valence-corrected chi connectivity index (χ1v) is 6.68. The molecule has 6 nitrogen and oxygen atoms in total. The van der Waals surface area contributed by atoms with Crippen molar-refractivity contribution in [1.29, 1.82) is 0 Å². The molecule has 7 heteroatoms. The fourth-order valence-electron chi connectivity index (χ4n) is 1.26. The van der Waals surface area contributed by atoms with E-state index in [4.69, 9.17) is 0 Å². The minimum atomic E-state index is -3.49. The maximum Gasteiger partial charge on any atom is 0.258 e. The van der Waals surface area contributed by atoms with Crippen molar-refractivity contribution in [3.63, 3.8) is 0 Å². The largest absolute Gasteiger partial charge is 0.316 e. The molecule has 1 unspecified atom stereocenters. The van der Waals surface area contributed by atoms with Crippen LogP contribution in [-0.4, -0.2) is 31.7 Å². The number of hydrogen-bond acceptors (Lipinski definition) is 4. The second kappa shape index (κ2) is 5.42. The zero-order chi connectivity index (χ0) is 12.2. The van der Waals surface area contributed by atoms with Crippen LogP contribution < -0.4 is 10.0 Å². The fourth-order valence-corrected chi connectivity index (χ4v) is 2.71. The lowest BCUT2D eigenvalue weighted by atomic mass is 10.3. The maximum absolute atomic E-state index is 11.9. The monoisotopic (exact) mass is 246 g/mol. The highest BCUT2D eigenvalue weighted by Crippen LogP contribution is 2.12. The predicted molar refractivity (Wildman–Crippen MR) is 61.4 cm³/mol. The number of hydrogen-bond donors (Lipinski definition) is 3. The summed E-state index contributed by atoms with van der Waals surface area (Å²) in [6, 6.07) is -0.0873. The summed E-state index contributed by atoms with van der Waals surface area (Å²) in [4.78, 5) is 0. The number of nitrogens with zero attached hydrogens (tertiary/aromatic N) is 1. The summed E-state index contributed by atoms with van der Waals surface area (Å²) in [7, 11) is -1.73. The zero-order valence-electron chi connectivity index (χ0n) is 9.74. The van der Waals surface area contributed by atoms with Gasteiger partial charge in [0.05, 0.1) is 6.20 Å². The van der Waals surface area contributed by atoms with Crippen molar-refractivity contribution >= 4 is 10.0 Å². The predicted octanol–water partition coefficient (Wildman–Crippen LogP) is 0.206. The van der Waals surface area contributed by atoms with E-state index in [0.717, 1.165) is 6.42 Å². The number of nitrogens with one attached hydrogen (secondary N) is 3. The lowest BCUT2D eigenvalue weighted by Gasteiger charge is -2.11. The van der Waals surface area contributed by atoms with Crippen LogP contribution in [0.15, 0.2) is 11.2 Å². The minimum absolute atomic E-state index is 0.0873. The lowest BCUT2D eigenvalue weighted by molar-refractivity contribution is 0.550. The van der Waals surface area contributed by atoms with Gasteiger partial charge in [0.1, 0.15) is 0 Å². The summed E-state index contributed by atoms with van der Waals surface area (Å²) >= 11 is 0. The molecule has 16 heavy (non-hydrogen) atoms. The maximum atomic E-state index is 11.9. The van der Waals surface area contributed by atoms with Crippen LogP contribution in [0.2, 0.25) is 0 Å². The molecule has 0 aromatic carbocycles.